The number of unbranched alkanes of at least 4 members (excludes halogenated alkanes) is 3. The fourth-order valence-electron chi connectivity index (χ4n) is 2.93. The highest BCUT2D eigenvalue weighted by Gasteiger charge is 2.28. The van der Waals surface area contributed by atoms with E-state index in [4.69, 9.17) is 0 Å². The fourth-order valence-corrected chi connectivity index (χ4v) is 2.93. The topological polar surface area (TPSA) is 68.2 Å². The van der Waals surface area contributed by atoms with E-state index in [1.165, 1.54) is 0 Å². The highest BCUT2D eigenvalue weighted by atomic mass is 16.2. The lowest BCUT2D eigenvalue weighted by molar-refractivity contribution is -0.119. The lowest BCUT2D eigenvalue weighted by Crippen LogP contribution is -2.43. The van der Waals surface area contributed by atoms with Crippen LogP contribution < -0.4 is 10.7 Å². The maximum atomic E-state index is 12.3. The Bertz CT molecular complexity index is 632. The van der Waals surface area contributed by atoms with Crippen LogP contribution in [-0.4, -0.2) is 16.4 Å². The molecule has 5 nitrogen and oxygen atoms in total. The zero-order valence-corrected chi connectivity index (χ0v) is 13.4. The van der Waals surface area contributed by atoms with Crippen LogP contribution in [0, 0.1) is 0 Å². The number of aromatic nitrogens is 1. The van der Waals surface area contributed by atoms with Crippen LogP contribution in [0.15, 0.2) is 10.9 Å². The fraction of sp³-hybridized carbons (Fsp3) is 0.588. The molecule has 0 atom stereocenters. The van der Waals surface area contributed by atoms with Crippen LogP contribution in [0.25, 0.3) is 0 Å². The van der Waals surface area contributed by atoms with Gasteiger partial charge in [-0.3, -0.25) is 19.7 Å². The molecule has 0 fully saturated rings. The van der Waals surface area contributed by atoms with Gasteiger partial charge in [0.05, 0.1) is 6.42 Å². The second-order valence-electron chi connectivity index (χ2n) is 5.84. The van der Waals surface area contributed by atoms with Crippen LogP contribution in [0.1, 0.15) is 67.7 Å². The SMILES string of the molecule is CCCCCn1c(CCCC)cc(=O)c2c1CC(=O)NC2=O. The van der Waals surface area contributed by atoms with Crippen molar-refractivity contribution in [2.24, 2.45) is 0 Å². The summed E-state index contributed by atoms with van der Waals surface area (Å²) in [6, 6.07) is 1.58. The Hall–Kier alpha value is -1.91. The Labute approximate surface area is 130 Å². The second-order valence-corrected chi connectivity index (χ2v) is 5.84. The van der Waals surface area contributed by atoms with Crippen molar-refractivity contribution in [1.82, 2.24) is 9.88 Å². The maximum absolute atomic E-state index is 12.3. The third-order valence-corrected chi connectivity index (χ3v) is 4.08. The van der Waals surface area contributed by atoms with Crippen LogP contribution in [0.4, 0.5) is 0 Å². The predicted molar refractivity (Wildman–Crippen MR) is 85.0 cm³/mol. The highest BCUT2D eigenvalue weighted by molar-refractivity contribution is 6.09. The first kappa shape index (κ1) is 16.5. The summed E-state index contributed by atoms with van der Waals surface area (Å²) in [7, 11) is 0. The van der Waals surface area contributed by atoms with E-state index in [2.05, 4.69) is 19.2 Å². The molecule has 1 aromatic heterocycles. The molecule has 0 aliphatic carbocycles. The number of hydrogen-bond donors (Lipinski definition) is 1. The molecule has 120 valence electrons. The molecule has 5 heteroatoms. The lowest BCUT2D eigenvalue weighted by Gasteiger charge is -2.23. The number of imide groups is 1. The van der Waals surface area contributed by atoms with Gasteiger partial charge in [-0.05, 0) is 19.3 Å². The van der Waals surface area contributed by atoms with Crippen molar-refractivity contribution >= 4 is 11.8 Å². The van der Waals surface area contributed by atoms with Gasteiger partial charge in [0, 0.05) is 24.0 Å². The molecule has 0 bridgehead atoms. The summed E-state index contributed by atoms with van der Waals surface area (Å²) in [5, 5.41) is 2.24. The molecule has 2 heterocycles. The summed E-state index contributed by atoms with van der Waals surface area (Å²) in [4.78, 5) is 35.9. The number of nitrogens with one attached hydrogen (secondary N) is 1. The Balaban J connectivity index is 2.48. The van der Waals surface area contributed by atoms with Gasteiger partial charge in [0.1, 0.15) is 5.56 Å². The average molecular weight is 304 g/mol. The third-order valence-electron chi connectivity index (χ3n) is 4.08. The number of carbonyl (C=O) groups is 2. The monoisotopic (exact) mass is 304 g/mol. The van der Waals surface area contributed by atoms with E-state index in [0.717, 1.165) is 50.8 Å². The molecular weight excluding hydrogens is 280 g/mol. The molecule has 0 saturated carbocycles. The van der Waals surface area contributed by atoms with E-state index in [1.807, 2.05) is 4.57 Å². The molecule has 0 radical (unpaired) electrons. The molecule has 2 amide bonds. The van der Waals surface area contributed by atoms with E-state index in [0.29, 0.717) is 5.69 Å². The second kappa shape index (κ2) is 7.38. The smallest absolute Gasteiger partial charge is 0.263 e. The molecule has 0 aromatic carbocycles. The minimum absolute atomic E-state index is 0.113. The number of rotatable bonds is 7. The van der Waals surface area contributed by atoms with Crippen molar-refractivity contribution in [3.8, 4) is 0 Å². The lowest BCUT2D eigenvalue weighted by atomic mass is 10.0. The van der Waals surface area contributed by atoms with Crippen molar-refractivity contribution in [2.45, 2.75) is 65.3 Å². The molecule has 1 aliphatic rings. The van der Waals surface area contributed by atoms with Gasteiger partial charge in [-0.15, -0.1) is 0 Å². The number of amides is 2. The Kier molecular flexibility index (Phi) is 5.52. The number of fused-ring (bicyclic) bond motifs is 1. The van der Waals surface area contributed by atoms with Gasteiger partial charge in [-0.1, -0.05) is 33.1 Å². The van der Waals surface area contributed by atoms with E-state index in [9.17, 15) is 14.4 Å². The van der Waals surface area contributed by atoms with Gasteiger partial charge in [0.25, 0.3) is 5.91 Å². The third kappa shape index (κ3) is 3.46. The van der Waals surface area contributed by atoms with Crippen molar-refractivity contribution in [3.63, 3.8) is 0 Å². The average Bonchev–Trinajstić information content (AvgIpc) is 2.46. The molecule has 0 unspecified atom stereocenters. The van der Waals surface area contributed by atoms with Crippen LogP contribution >= 0.6 is 0 Å². The van der Waals surface area contributed by atoms with Gasteiger partial charge >= 0.3 is 0 Å². The standard InChI is InChI=1S/C17H24N2O3/c1-3-5-7-9-19-12(8-6-4-2)10-14(20)16-13(19)11-15(21)18-17(16)22/h10H,3-9,11H2,1-2H3,(H,18,21,22). The molecule has 1 aliphatic heterocycles. The summed E-state index contributed by atoms with van der Waals surface area (Å²) < 4.78 is 2.04. The Morgan fingerprint density at radius 3 is 2.50 bits per heavy atom. The van der Waals surface area contributed by atoms with E-state index < -0.39 is 5.91 Å². The molecule has 0 spiro atoms. The largest absolute Gasteiger partial charge is 0.347 e. The maximum Gasteiger partial charge on any atom is 0.263 e. The first-order valence-electron chi connectivity index (χ1n) is 8.18. The van der Waals surface area contributed by atoms with Gasteiger partial charge in [0.2, 0.25) is 5.91 Å². The Morgan fingerprint density at radius 1 is 1.09 bits per heavy atom. The molecular formula is C17H24N2O3. The zero-order valence-electron chi connectivity index (χ0n) is 13.4. The van der Waals surface area contributed by atoms with E-state index in [1.54, 1.807) is 6.07 Å². The predicted octanol–water partition coefficient (Wildman–Crippen LogP) is 2.19. The van der Waals surface area contributed by atoms with Crippen molar-refractivity contribution < 1.29 is 9.59 Å². The molecule has 0 saturated heterocycles. The van der Waals surface area contributed by atoms with Gasteiger partial charge in [-0.2, -0.15) is 0 Å². The van der Waals surface area contributed by atoms with Crippen LogP contribution in [0.2, 0.25) is 0 Å². The quantitative estimate of drug-likeness (QED) is 0.620. The number of nitrogens with zero attached hydrogens (tertiary/aromatic N) is 1. The number of carbonyl (C=O) groups excluding carboxylic acids is 2. The number of aryl methyl sites for hydroxylation is 1. The molecule has 2 rings (SSSR count). The first-order valence-corrected chi connectivity index (χ1v) is 8.18. The molecule has 22 heavy (non-hydrogen) atoms. The number of pyridine rings is 1. The number of hydrogen-bond acceptors (Lipinski definition) is 3. The summed E-state index contributed by atoms with van der Waals surface area (Å²) in [5.74, 6) is -0.878. The molecule has 1 N–H and O–H groups in total. The first-order chi connectivity index (χ1) is 10.6. The normalized spacial score (nSPS) is 13.9. The Morgan fingerprint density at radius 2 is 1.82 bits per heavy atom. The van der Waals surface area contributed by atoms with Gasteiger partial charge < -0.3 is 4.57 Å². The minimum Gasteiger partial charge on any atom is -0.347 e. The van der Waals surface area contributed by atoms with Crippen molar-refractivity contribution in [3.05, 3.63) is 33.2 Å². The van der Waals surface area contributed by atoms with Crippen LogP contribution in [-0.2, 0) is 24.2 Å². The van der Waals surface area contributed by atoms with Gasteiger partial charge in [0.15, 0.2) is 5.43 Å². The molecule has 1 aromatic rings. The van der Waals surface area contributed by atoms with Crippen molar-refractivity contribution in [1.29, 1.82) is 0 Å². The van der Waals surface area contributed by atoms with Crippen LogP contribution in [0.3, 0.4) is 0 Å². The minimum atomic E-state index is -0.553. The van der Waals surface area contributed by atoms with E-state index >= 15 is 0 Å². The van der Waals surface area contributed by atoms with Crippen LogP contribution in [0.5, 0.6) is 0 Å². The van der Waals surface area contributed by atoms with E-state index in [-0.39, 0.29) is 23.3 Å². The summed E-state index contributed by atoms with van der Waals surface area (Å²) in [6.45, 7) is 5.00. The summed E-state index contributed by atoms with van der Waals surface area (Å²) in [6.07, 6.45) is 6.14. The van der Waals surface area contributed by atoms with Crippen molar-refractivity contribution in [2.75, 3.05) is 0 Å². The highest BCUT2D eigenvalue weighted by Crippen LogP contribution is 2.17. The zero-order chi connectivity index (χ0) is 16.1. The summed E-state index contributed by atoms with van der Waals surface area (Å²) in [5.41, 5.74) is 1.43. The summed E-state index contributed by atoms with van der Waals surface area (Å²) >= 11 is 0. The van der Waals surface area contributed by atoms with Gasteiger partial charge in [-0.25, -0.2) is 0 Å².